The van der Waals surface area contributed by atoms with E-state index in [1.54, 1.807) is 12.1 Å². The zero-order valence-corrected chi connectivity index (χ0v) is 13.7. The maximum Gasteiger partial charge on any atom is 0.271 e. The van der Waals surface area contributed by atoms with Crippen LogP contribution in [0.25, 0.3) is 0 Å². The predicted octanol–water partition coefficient (Wildman–Crippen LogP) is 2.39. The Labute approximate surface area is 140 Å². The molecule has 1 amide bonds. The van der Waals surface area contributed by atoms with Gasteiger partial charge in [-0.2, -0.15) is 0 Å². The first-order chi connectivity index (χ1) is 11.5. The lowest BCUT2D eigenvalue weighted by Crippen LogP contribution is -2.29. The lowest BCUT2D eigenvalue weighted by atomic mass is 10.2. The minimum atomic E-state index is -0.470. The Morgan fingerprint density at radius 2 is 1.88 bits per heavy atom. The molecule has 7 nitrogen and oxygen atoms in total. The summed E-state index contributed by atoms with van der Waals surface area (Å²) >= 11 is 0. The third-order valence-corrected chi connectivity index (χ3v) is 3.45. The standard InChI is InChI=1S/C17H20N4O3/c1-20(2)15-8-6-13(7-9-15)11-19-17(22)12-18-14-4-3-5-16(10-14)21(23)24/h3-10,18H,11-12H2,1-2H3,(H,19,22). The smallest absolute Gasteiger partial charge is 0.271 e. The van der Waals surface area contributed by atoms with E-state index >= 15 is 0 Å². The Hall–Kier alpha value is -3.09. The van der Waals surface area contributed by atoms with Gasteiger partial charge in [0.1, 0.15) is 0 Å². The van der Waals surface area contributed by atoms with Gasteiger partial charge in [-0.3, -0.25) is 14.9 Å². The first-order valence-electron chi connectivity index (χ1n) is 7.47. The molecule has 0 saturated heterocycles. The Balaban J connectivity index is 1.81. The van der Waals surface area contributed by atoms with Gasteiger partial charge in [-0.15, -0.1) is 0 Å². The van der Waals surface area contributed by atoms with Crippen LogP contribution in [0.3, 0.4) is 0 Å². The Kier molecular flexibility index (Phi) is 5.73. The highest BCUT2D eigenvalue weighted by atomic mass is 16.6. The van der Waals surface area contributed by atoms with Crippen molar-refractivity contribution in [1.29, 1.82) is 0 Å². The van der Waals surface area contributed by atoms with Crippen LogP contribution in [-0.2, 0) is 11.3 Å². The third kappa shape index (κ3) is 4.98. The Morgan fingerprint density at radius 1 is 1.17 bits per heavy atom. The Morgan fingerprint density at radius 3 is 2.50 bits per heavy atom. The van der Waals surface area contributed by atoms with Crippen LogP contribution in [0.4, 0.5) is 17.1 Å². The van der Waals surface area contributed by atoms with Gasteiger partial charge < -0.3 is 15.5 Å². The van der Waals surface area contributed by atoms with E-state index in [0.717, 1.165) is 11.3 Å². The van der Waals surface area contributed by atoms with Crippen molar-refractivity contribution in [3.63, 3.8) is 0 Å². The van der Waals surface area contributed by atoms with Crippen LogP contribution in [0.5, 0.6) is 0 Å². The molecule has 126 valence electrons. The topological polar surface area (TPSA) is 87.5 Å². The molecule has 0 heterocycles. The van der Waals surface area contributed by atoms with Gasteiger partial charge in [0, 0.05) is 44.1 Å². The van der Waals surface area contributed by atoms with E-state index in [-0.39, 0.29) is 18.1 Å². The highest BCUT2D eigenvalue weighted by molar-refractivity contribution is 5.80. The van der Waals surface area contributed by atoms with Gasteiger partial charge in [0.2, 0.25) is 5.91 Å². The van der Waals surface area contributed by atoms with Crippen molar-refractivity contribution >= 4 is 23.0 Å². The Bertz CT molecular complexity index is 714. The summed E-state index contributed by atoms with van der Waals surface area (Å²) in [4.78, 5) is 24.1. The normalized spacial score (nSPS) is 10.1. The number of nitrogens with zero attached hydrogens (tertiary/aromatic N) is 2. The summed E-state index contributed by atoms with van der Waals surface area (Å²) < 4.78 is 0. The minimum Gasteiger partial charge on any atom is -0.378 e. The zero-order valence-electron chi connectivity index (χ0n) is 13.7. The number of nitro groups is 1. The second-order valence-electron chi connectivity index (χ2n) is 5.50. The van der Waals surface area contributed by atoms with Crippen LogP contribution < -0.4 is 15.5 Å². The molecule has 2 aromatic carbocycles. The summed E-state index contributed by atoms with van der Waals surface area (Å²) in [5.41, 5.74) is 2.62. The molecule has 0 aromatic heterocycles. The molecule has 2 rings (SSSR count). The molecule has 24 heavy (non-hydrogen) atoms. The van der Waals surface area contributed by atoms with E-state index < -0.39 is 4.92 Å². The van der Waals surface area contributed by atoms with Crippen LogP contribution in [0, 0.1) is 10.1 Å². The molecular formula is C17H20N4O3. The lowest BCUT2D eigenvalue weighted by molar-refractivity contribution is -0.384. The molecule has 0 unspecified atom stereocenters. The average Bonchev–Trinajstić information content (AvgIpc) is 2.58. The van der Waals surface area contributed by atoms with Gasteiger partial charge in [0.05, 0.1) is 11.5 Å². The van der Waals surface area contributed by atoms with Crippen molar-refractivity contribution in [2.75, 3.05) is 30.9 Å². The van der Waals surface area contributed by atoms with E-state index in [1.165, 1.54) is 12.1 Å². The predicted molar refractivity (Wildman–Crippen MR) is 94.2 cm³/mol. The highest BCUT2D eigenvalue weighted by Gasteiger charge is 2.07. The van der Waals surface area contributed by atoms with Crippen molar-refractivity contribution in [2.45, 2.75) is 6.54 Å². The number of rotatable bonds is 7. The fourth-order valence-electron chi connectivity index (χ4n) is 2.09. The molecule has 7 heteroatoms. The zero-order chi connectivity index (χ0) is 17.5. The first-order valence-corrected chi connectivity index (χ1v) is 7.47. The number of nitrogens with one attached hydrogen (secondary N) is 2. The van der Waals surface area contributed by atoms with Crippen LogP contribution >= 0.6 is 0 Å². The summed E-state index contributed by atoms with van der Waals surface area (Å²) in [6.07, 6.45) is 0. The van der Waals surface area contributed by atoms with Gasteiger partial charge in [-0.05, 0) is 23.8 Å². The van der Waals surface area contributed by atoms with Crippen molar-refractivity contribution in [1.82, 2.24) is 5.32 Å². The van der Waals surface area contributed by atoms with Crippen LogP contribution in [0.15, 0.2) is 48.5 Å². The summed E-state index contributed by atoms with van der Waals surface area (Å²) in [6, 6.07) is 14.0. The SMILES string of the molecule is CN(C)c1ccc(CNC(=O)CNc2cccc([N+](=O)[O-])c2)cc1. The van der Waals surface area contributed by atoms with Crippen molar-refractivity contribution in [3.8, 4) is 0 Å². The molecule has 0 saturated carbocycles. The van der Waals surface area contributed by atoms with Crippen LogP contribution in [-0.4, -0.2) is 31.5 Å². The molecule has 0 aliphatic heterocycles. The second-order valence-corrected chi connectivity index (χ2v) is 5.50. The molecule has 0 aliphatic carbocycles. The number of carbonyl (C=O) groups is 1. The summed E-state index contributed by atoms with van der Waals surface area (Å²) in [5, 5.41) is 16.4. The van der Waals surface area contributed by atoms with Crippen molar-refractivity contribution in [2.24, 2.45) is 0 Å². The van der Waals surface area contributed by atoms with E-state index in [9.17, 15) is 14.9 Å². The van der Waals surface area contributed by atoms with Crippen LogP contribution in [0.1, 0.15) is 5.56 Å². The molecule has 0 atom stereocenters. The fraction of sp³-hybridized carbons (Fsp3) is 0.235. The largest absolute Gasteiger partial charge is 0.378 e. The maximum atomic E-state index is 11.9. The fourth-order valence-corrected chi connectivity index (χ4v) is 2.09. The minimum absolute atomic E-state index is 0.0126. The van der Waals surface area contributed by atoms with Gasteiger partial charge in [0.25, 0.3) is 5.69 Å². The number of benzene rings is 2. The summed E-state index contributed by atoms with van der Waals surface area (Å²) in [6.45, 7) is 0.486. The van der Waals surface area contributed by atoms with E-state index in [0.29, 0.717) is 12.2 Å². The van der Waals surface area contributed by atoms with Gasteiger partial charge in [-0.25, -0.2) is 0 Å². The summed E-state index contributed by atoms with van der Waals surface area (Å²) in [7, 11) is 3.94. The van der Waals surface area contributed by atoms with Gasteiger partial charge >= 0.3 is 0 Å². The van der Waals surface area contributed by atoms with E-state index in [2.05, 4.69) is 10.6 Å². The molecule has 0 aliphatic rings. The average molecular weight is 328 g/mol. The van der Waals surface area contributed by atoms with Crippen LogP contribution in [0.2, 0.25) is 0 Å². The van der Waals surface area contributed by atoms with Gasteiger partial charge in [-0.1, -0.05) is 18.2 Å². The quantitative estimate of drug-likeness (QED) is 0.602. The van der Waals surface area contributed by atoms with Crippen molar-refractivity contribution in [3.05, 3.63) is 64.2 Å². The highest BCUT2D eigenvalue weighted by Crippen LogP contribution is 2.16. The molecular weight excluding hydrogens is 308 g/mol. The number of hydrogen-bond acceptors (Lipinski definition) is 5. The molecule has 0 fully saturated rings. The number of amides is 1. The number of carbonyl (C=O) groups excluding carboxylic acids is 1. The molecule has 0 spiro atoms. The second kappa shape index (κ2) is 7.96. The maximum absolute atomic E-state index is 11.9. The monoisotopic (exact) mass is 328 g/mol. The number of nitro benzene ring substituents is 1. The van der Waals surface area contributed by atoms with Crippen molar-refractivity contribution < 1.29 is 9.72 Å². The van der Waals surface area contributed by atoms with E-state index in [4.69, 9.17) is 0 Å². The number of anilines is 2. The molecule has 0 bridgehead atoms. The van der Waals surface area contributed by atoms with Gasteiger partial charge in [0.15, 0.2) is 0 Å². The number of hydrogen-bond donors (Lipinski definition) is 2. The molecule has 0 radical (unpaired) electrons. The first kappa shape index (κ1) is 17.3. The molecule has 2 N–H and O–H groups in total. The molecule has 2 aromatic rings. The number of non-ortho nitro benzene ring substituents is 1. The summed E-state index contributed by atoms with van der Waals surface area (Å²) in [5.74, 6) is -0.182. The van der Waals surface area contributed by atoms with E-state index in [1.807, 2.05) is 43.3 Å². The third-order valence-electron chi connectivity index (χ3n) is 3.45. The lowest BCUT2D eigenvalue weighted by Gasteiger charge is -2.13.